The maximum Gasteiger partial charge on any atom is 0.225 e. The molecule has 2 atom stereocenters. The Morgan fingerprint density at radius 2 is 2.20 bits per heavy atom. The van der Waals surface area contributed by atoms with Gasteiger partial charge in [-0.25, -0.2) is 0 Å². The number of ether oxygens (including phenoxy) is 1. The van der Waals surface area contributed by atoms with Gasteiger partial charge in [-0.1, -0.05) is 0 Å². The second-order valence-electron chi connectivity index (χ2n) is 4.60. The van der Waals surface area contributed by atoms with Crippen LogP contribution in [0.15, 0.2) is 0 Å². The SMILES string of the molecule is CC1CC(C(=O)NCCNC2CC2)CO1. The summed E-state index contributed by atoms with van der Waals surface area (Å²) in [4.78, 5) is 11.6. The minimum absolute atomic E-state index is 0.0703. The highest BCUT2D eigenvalue weighted by Gasteiger charge is 2.27. The Balaban J connectivity index is 1.55. The molecule has 1 aliphatic heterocycles. The summed E-state index contributed by atoms with van der Waals surface area (Å²) in [5, 5.41) is 6.31. The number of carbonyl (C=O) groups is 1. The Hall–Kier alpha value is -0.610. The second kappa shape index (κ2) is 4.94. The molecule has 86 valence electrons. The molecule has 1 aliphatic carbocycles. The smallest absolute Gasteiger partial charge is 0.225 e. The molecule has 0 radical (unpaired) electrons. The predicted octanol–water partition coefficient (Wildman–Crippen LogP) is 0.280. The minimum atomic E-state index is 0.0703. The van der Waals surface area contributed by atoms with Crippen molar-refractivity contribution in [2.24, 2.45) is 5.92 Å². The zero-order valence-electron chi connectivity index (χ0n) is 9.29. The zero-order chi connectivity index (χ0) is 10.7. The minimum Gasteiger partial charge on any atom is -0.378 e. The van der Waals surface area contributed by atoms with Gasteiger partial charge in [0.25, 0.3) is 0 Å². The molecule has 2 unspecified atom stereocenters. The fourth-order valence-corrected chi connectivity index (χ4v) is 1.89. The first kappa shape index (κ1) is 10.9. The van der Waals surface area contributed by atoms with Crippen molar-refractivity contribution in [3.05, 3.63) is 0 Å². The predicted molar refractivity (Wildman–Crippen MR) is 57.6 cm³/mol. The number of nitrogens with one attached hydrogen (secondary N) is 2. The van der Waals surface area contributed by atoms with Gasteiger partial charge in [0.05, 0.1) is 18.6 Å². The Bertz CT molecular complexity index is 229. The molecule has 0 bridgehead atoms. The van der Waals surface area contributed by atoms with Gasteiger partial charge in [-0.05, 0) is 26.2 Å². The van der Waals surface area contributed by atoms with Gasteiger partial charge in [-0.15, -0.1) is 0 Å². The van der Waals surface area contributed by atoms with Crippen LogP contribution in [-0.2, 0) is 9.53 Å². The van der Waals surface area contributed by atoms with Crippen LogP contribution in [0.1, 0.15) is 26.2 Å². The maximum absolute atomic E-state index is 11.6. The fourth-order valence-electron chi connectivity index (χ4n) is 1.89. The summed E-state index contributed by atoms with van der Waals surface area (Å²) in [5.41, 5.74) is 0. The van der Waals surface area contributed by atoms with Crippen LogP contribution in [0.5, 0.6) is 0 Å². The van der Waals surface area contributed by atoms with Gasteiger partial charge < -0.3 is 15.4 Å². The highest BCUT2D eigenvalue weighted by molar-refractivity contribution is 5.79. The summed E-state index contributed by atoms with van der Waals surface area (Å²) in [6.07, 6.45) is 3.69. The van der Waals surface area contributed by atoms with Gasteiger partial charge in [-0.2, -0.15) is 0 Å². The van der Waals surface area contributed by atoms with E-state index in [1.54, 1.807) is 0 Å². The zero-order valence-corrected chi connectivity index (χ0v) is 9.29. The molecule has 2 N–H and O–H groups in total. The normalized spacial score (nSPS) is 30.5. The third-order valence-corrected chi connectivity index (χ3v) is 3.00. The lowest BCUT2D eigenvalue weighted by atomic mass is 10.1. The summed E-state index contributed by atoms with van der Waals surface area (Å²) in [7, 11) is 0. The molecule has 4 nitrogen and oxygen atoms in total. The number of amides is 1. The van der Waals surface area contributed by atoms with Crippen molar-refractivity contribution < 1.29 is 9.53 Å². The molecule has 0 aromatic rings. The molecule has 15 heavy (non-hydrogen) atoms. The third-order valence-electron chi connectivity index (χ3n) is 3.00. The molecule has 2 rings (SSSR count). The summed E-state index contributed by atoms with van der Waals surface area (Å²) in [6.45, 7) is 4.23. The van der Waals surface area contributed by atoms with Crippen molar-refractivity contribution in [2.75, 3.05) is 19.7 Å². The Labute approximate surface area is 90.8 Å². The van der Waals surface area contributed by atoms with Gasteiger partial charge in [0, 0.05) is 19.1 Å². The highest BCUT2D eigenvalue weighted by atomic mass is 16.5. The van der Waals surface area contributed by atoms with Gasteiger partial charge in [0.2, 0.25) is 5.91 Å². The first-order chi connectivity index (χ1) is 7.25. The van der Waals surface area contributed by atoms with E-state index in [4.69, 9.17) is 4.74 Å². The molecule has 0 aromatic heterocycles. The van der Waals surface area contributed by atoms with Crippen LogP contribution >= 0.6 is 0 Å². The first-order valence-corrected chi connectivity index (χ1v) is 5.88. The molecule has 1 saturated carbocycles. The van der Waals surface area contributed by atoms with Crippen LogP contribution in [0.25, 0.3) is 0 Å². The first-order valence-electron chi connectivity index (χ1n) is 5.88. The molecule has 4 heteroatoms. The Kier molecular flexibility index (Phi) is 3.59. The van der Waals surface area contributed by atoms with E-state index in [0.29, 0.717) is 6.61 Å². The van der Waals surface area contributed by atoms with Crippen LogP contribution in [0.4, 0.5) is 0 Å². The van der Waals surface area contributed by atoms with Crippen LogP contribution in [-0.4, -0.2) is 37.7 Å². The molecule has 1 amide bonds. The second-order valence-corrected chi connectivity index (χ2v) is 4.60. The number of rotatable bonds is 5. The Morgan fingerprint density at radius 3 is 2.80 bits per heavy atom. The lowest BCUT2D eigenvalue weighted by molar-refractivity contribution is -0.124. The van der Waals surface area contributed by atoms with Gasteiger partial charge in [0.1, 0.15) is 0 Å². The quantitative estimate of drug-likeness (QED) is 0.644. The molecule has 2 aliphatic rings. The fraction of sp³-hybridized carbons (Fsp3) is 0.909. The van der Waals surface area contributed by atoms with Crippen LogP contribution in [0.3, 0.4) is 0 Å². The van der Waals surface area contributed by atoms with Crippen molar-refractivity contribution in [3.63, 3.8) is 0 Å². The van der Waals surface area contributed by atoms with Crippen molar-refractivity contribution in [1.82, 2.24) is 10.6 Å². The summed E-state index contributed by atoms with van der Waals surface area (Å²) < 4.78 is 5.36. The van der Waals surface area contributed by atoms with Crippen LogP contribution in [0, 0.1) is 5.92 Å². The highest BCUT2D eigenvalue weighted by Crippen LogP contribution is 2.19. The molecule has 2 fully saturated rings. The molecular weight excluding hydrogens is 192 g/mol. The van der Waals surface area contributed by atoms with E-state index in [0.717, 1.165) is 25.6 Å². The Morgan fingerprint density at radius 1 is 1.40 bits per heavy atom. The lowest BCUT2D eigenvalue weighted by Gasteiger charge is -2.09. The number of hydrogen-bond acceptors (Lipinski definition) is 3. The van der Waals surface area contributed by atoms with E-state index in [-0.39, 0.29) is 17.9 Å². The lowest BCUT2D eigenvalue weighted by Crippen LogP contribution is -2.36. The van der Waals surface area contributed by atoms with E-state index in [2.05, 4.69) is 10.6 Å². The van der Waals surface area contributed by atoms with Crippen molar-refractivity contribution in [3.8, 4) is 0 Å². The van der Waals surface area contributed by atoms with Crippen molar-refractivity contribution >= 4 is 5.91 Å². The number of carbonyl (C=O) groups excluding carboxylic acids is 1. The maximum atomic E-state index is 11.6. The van der Waals surface area contributed by atoms with Crippen molar-refractivity contribution in [2.45, 2.75) is 38.3 Å². The molecular formula is C11H20N2O2. The average molecular weight is 212 g/mol. The third kappa shape index (κ3) is 3.47. The van der Waals surface area contributed by atoms with Gasteiger partial charge >= 0.3 is 0 Å². The summed E-state index contributed by atoms with van der Waals surface area (Å²) in [6, 6.07) is 0.719. The largest absolute Gasteiger partial charge is 0.378 e. The summed E-state index contributed by atoms with van der Waals surface area (Å²) in [5.74, 6) is 0.220. The number of hydrogen-bond donors (Lipinski definition) is 2. The van der Waals surface area contributed by atoms with Crippen molar-refractivity contribution in [1.29, 1.82) is 0 Å². The van der Waals surface area contributed by atoms with Gasteiger partial charge in [-0.3, -0.25) is 4.79 Å². The van der Waals surface area contributed by atoms with E-state index >= 15 is 0 Å². The van der Waals surface area contributed by atoms with Crippen LogP contribution < -0.4 is 10.6 Å². The van der Waals surface area contributed by atoms with E-state index in [9.17, 15) is 4.79 Å². The standard InChI is InChI=1S/C11H20N2O2/c1-8-6-9(7-15-8)11(14)13-5-4-12-10-2-3-10/h8-10,12H,2-7H2,1H3,(H,13,14). The molecule has 1 heterocycles. The van der Waals surface area contributed by atoms with Crippen LogP contribution in [0.2, 0.25) is 0 Å². The topological polar surface area (TPSA) is 50.4 Å². The van der Waals surface area contributed by atoms with Gasteiger partial charge in [0.15, 0.2) is 0 Å². The molecule has 0 spiro atoms. The summed E-state index contributed by atoms with van der Waals surface area (Å²) >= 11 is 0. The average Bonchev–Trinajstić information content (AvgIpc) is 2.94. The van der Waals surface area contributed by atoms with E-state index < -0.39 is 0 Å². The van der Waals surface area contributed by atoms with E-state index in [1.807, 2.05) is 6.92 Å². The molecule has 1 saturated heterocycles. The van der Waals surface area contributed by atoms with E-state index in [1.165, 1.54) is 12.8 Å². The molecule has 0 aromatic carbocycles. The monoisotopic (exact) mass is 212 g/mol.